The topological polar surface area (TPSA) is 66.9 Å². The van der Waals surface area contributed by atoms with E-state index in [0.29, 0.717) is 35.5 Å². The van der Waals surface area contributed by atoms with Crippen LogP contribution in [0.4, 0.5) is 5.69 Å². The lowest BCUT2D eigenvalue weighted by molar-refractivity contribution is -0.0489. The second kappa shape index (κ2) is 8.30. The zero-order valence-electron chi connectivity index (χ0n) is 18.5. The molecule has 33 heavy (non-hydrogen) atoms. The fraction of sp³-hybridized carbons (Fsp3) is 0.222. The molecule has 0 radical (unpaired) electrons. The third kappa shape index (κ3) is 3.62. The second-order valence-electron chi connectivity index (χ2n) is 8.52. The maximum absolute atomic E-state index is 13.3. The van der Waals surface area contributed by atoms with E-state index >= 15 is 0 Å². The highest BCUT2D eigenvalue weighted by atomic mass is 16.5. The number of anilines is 1. The summed E-state index contributed by atoms with van der Waals surface area (Å²) in [4.78, 5) is 41.8. The quantitative estimate of drug-likeness (QED) is 0.567. The highest BCUT2D eigenvalue weighted by molar-refractivity contribution is 6.34. The third-order valence-corrected chi connectivity index (χ3v) is 6.40. The van der Waals surface area contributed by atoms with Crippen LogP contribution in [-0.2, 0) is 4.74 Å². The molecule has 0 spiro atoms. The molecule has 2 unspecified atom stereocenters. The monoisotopic (exact) mass is 440 g/mol. The molecule has 0 bridgehead atoms. The molecule has 2 atom stereocenters. The molecular formula is C27H24N2O4. The van der Waals surface area contributed by atoms with E-state index in [-0.39, 0.29) is 29.9 Å². The predicted octanol–water partition coefficient (Wildman–Crippen LogP) is 4.40. The Hall–Kier alpha value is -3.77. The van der Waals surface area contributed by atoms with E-state index < -0.39 is 0 Å². The average Bonchev–Trinajstić information content (AvgIpc) is 3.10. The number of nitrogens with zero attached hydrogens (tertiary/aromatic N) is 2. The van der Waals surface area contributed by atoms with Gasteiger partial charge in [0.2, 0.25) is 0 Å². The molecule has 6 heteroatoms. The number of rotatable bonds is 3. The molecule has 2 aliphatic rings. The molecule has 3 aromatic carbocycles. The Morgan fingerprint density at radius 2 is 1.48 bits per heavy atom. The molecule has 1 saturated heterocycles. The van der Waals surface area contributed by atoms with Crippen molar-refractivity contribution in [1.82, 2.24) is 4.90 Å². The lowest BCUT2D eigenvalue weighted by Gasteiger charge is -2.38. The second-order valence-corrected chi connectivity index (χ2v) is 8.52. The van der Waals surface area contributed by atoms with Crippen molar-refractivity contribution in [3.63, 3.8) is 0 Å². The maximum atomic E-state index is 13.3. The van der Waals surface area contributed by atoms with Gasteiger partial charge in [-0.15, -0.1) is 0 Å². The Morgan fingerprint density at radius 1 is 0.879 bits per heavy atom. The van der Waals surface area contributed by atoms with E-state index in [2.05, 4.69) is 0 Å². The van der Waals surface area contributed by atoms with Crippen molar-refractivity contribution in [3.05, 3.63) is 101 Å². The predicted molar refractivity (Wildman–Crippen MR) is 124 cm³/mol. The fourth-order valence-corrected chi connectivity index (χ4v) is 4.52. The summed E-state index contributed by atoms with van der Waals surface area (Å²) in [6, 6.07) is 21.4. The van der Waals surface area contributed by atoms with Crippen LogP contribution in [-0.4, -0.2) is 41.8 Å². The summed E-state index contributed by atoms with van der Waals surface area (Å²) in [5, 5.41) is 0. The van der Waals surface area contributed by atoms with Gasteiger partial charge in [0.25, 0.3) is 17.7 Å². The number of benzene rings is 3. The smallest absolute Gasteiger partial charge is 0.266 e. The Kier molecular flexibility index (Phi) is 5.30. The van der Waals surface area contributed by atoms with Crippen LogP contribution >= 0.6 is 0 Å². The van der Waals surface area contributed by atoms with Crippen LogP contribution in [0.15, 0.2) is 72.8 Å². The lowest BCUT2D eigenvalue weighted by Crippen LogP contribution is -2.48. The highest BCUT2D eigenvalue weighted by Gasteiger charge is 2.36. The standard InChI is InChI=1S/C27H24N2O4/c1-17-7-3-4-8-21(17)24-15-28(18(2)16-33-24)25(30)19-11-13-20(14-12-19)29-26(31)22-9-5-6-10-23(22)27(29)32/h3-14,18,24H,15-16H2,1-2H3. The maximum Gasteiger partial charge on any atom is 0.266 e. The number of hydrogen-bond donors (Lipinski definition) is 0. The van der Waals surface area contributed by atoms with Crippen molar-refractivity contribution < 1.29 is 19.1 Å². The number of imide groups is 1. The van der Waals surface area contributed by atoms with Crippen LogP contribution in [0.1, 0.15) is 55.2 Å². The van der Waals surface area contributed by atoms with Crippen LogP contribution in [0, 0.1) is 6.92 Å². The van der Waals surface area contributed by atoms with E-state index in [1.165, 1.54) is 0 Å². The van der Waals surface area contributed by atoms with E-state index in [0.717, 1.165) is 16.0 Å². The van der Waals surface area contributed by atoms with Gasteiger partial charge >= 0.3 is 0 Å². The lowest BCUT2D eigenvalue weighted by atomic mass is 10.0. The van der Waals surface area contributed by atoms with Gasteiger partial charge in [0, 0.05) is 5.56 Å². The van der Waals surface area contributed by atoms with Crippen LogP contribution < -0.4 is 4.90 Å². The van der Waals surface area contributed by atoms with Crippen LogP contribution in [0.2, 0.25) is 0 Å². The normalized spacial score (nSPS) is 20.2. The average molecular weight is 440 g/mol. The molecular weight excluding hydrogens is 416 g/mol. The van der Waals surface area contributed by atoms with Gasteiger partial charge in [-0.05, 0) is 61.4 Å². The van der Waals surface area contributed by atoms with Gasteiger partial charge in [-0.1, -0.05) is 36.4 Å². The summed E-state index contributed by atoms with van der Waals surface area (Å²) in [5.74, 6) is -0.798. The van der Waals surface area contributed by atoms with Gasteiger partial charge in [-0.25, -0.2) is 4.90 Å². The van der Waals surface area contributed by atoms with Crippen LogP contribution in [0.25, 0.3) is 0 Å². The van der Waals surface area contributed by atoms with Crippen molar-refractivity contribution in [2.75, 3.05) is 18.1 Å². The molecule has 2 aliphatic heterocycles. The number of fused-ring (bicyclic) bond motifs is 1. The molecule has 0 saturated carbocycles. The first-order chi connectivity index (χ1) is 16.0. The van der Waals surface area contributed by atoms with Crippen molar-refractivity contribution in [2.45, 2.75) is 26.0 Å². The van der Waals surface area contributed by atoms with E-state index in [9.17, 15) is 14.4 Å². The Morgan fingerprint density at radius 3 is 2.12 bits per heavy atom. The molecule has 166 valence electrons. The molecule has 6 nitrogen and oxygen atoms in total. The summed E-state index contributed by atoms with van der Waals surface area (Å²) < 4.78 is 6.04. The Labute approximate surface area is 192 Å². The Bertz CT molecular complexity index is 1220. The minimum absolute atomic E-state index is 0.0614. The summed E-state index contributed by atoms with van der Waals surface area (Å²) in [5.41, 5.74) is 3.97. The zero-order chi connectivity index (χ0) is 23.1. The van der Waals surface area contributed by atoms with E-state index in [4.69, 9.17) is 4.74 Å². The number of morpholine rings is 1. The molecule has 5 rings (SSSR count). The Balaban J connectivity index is 1.36. The summed E-state index contributed by atoms with van der Waals surface area (Å²) >= 11 is 0. The summed E-state index contributed by atoms with van der Waals surface area (Å²) in [6.45, 7) is 4.93. The first-order valence-corrected chi connectivity index (χ1v) is 11.0. The minimum Gasteiger partial charge on any atom is -0.370 e. The number of carbonyl (C=O) groups is 3. The van der Waals surface area contributed by atoms with Gasteiger partial charge in [0.15, 0.2) is 0 Å². The largest absolute Gasteiger partial charge is 0.370 e. The highest BCUT2D eigenvalue weighted by Crippen LogP contribution is 2.30. The van der Waals surface area contributed by atoms with Gasteiger partial charge in [-0.2, -0.15) is 0 Å². The minimum atomic E-state index is -0.349. The third-order valence-electron chi connectivity index (χ3n) is 6.40. The summed E-state index contributed by atoms with van der Waals surface area (Å²) in [7, 11) is 0. The first-order valence-electron chi connectivity index (χ1n) is 11.0. The van der Waals surface area contributed by atoms with Crippen molar-refractivity contribution in [2.24, 2.45) is 0 Å². The van der Waals surface area contributed by atoms with Crippen molar-refractivity contribution in [1.29, 1.82) is 0 Å². The zero-order valence-corrected chi connectivity index (χ0v) is 18.5. The molecule has 3 amide bonds. The molecule has 0 aromatic heterocycles. The first kappa shape index (κ1) is 21.1. The van der Waals surface area contributed by atoms with Gasteiger partial charge in [0.1, 0.15) is 6.10 Å². The number of ether oxygens (including phenoxy) is 1. The molecule has 0 aliphatic carbocycles. The van der Waals surface area contributed by atoms with E-state index in [1.54, 1.807) is 48.5 Å². The molecule has 2 heterocycles. The van der Waals surface area contributed by atoms with E-state index in [1.807, 2.05) is 43.0 Å². The number of carbonyl (C=O) groups excluding carboxylic acids is 3. The van der Waals surface area contributed by atoms with Crippen LogP contribution in [0.5, 0.6) is 0 Å². The van der Waals surface area contributed by atoms with Crippen LogP contribution in [0.3, 0.4) is 0 Å². The molecule has 3 aromatic rings. The van der Waals surface area contributed by atoms with Gasteiger partial charge in [-0.3, -0.25) is 14.4 Å². The van der Waals surface area contributed by atoms with Gasteiger partial charge in [0.05, 0.1) is 36.0 Å². The molecule has 0 N–H and O–H groups in total. The number of hydrogen-bond acceptors (Lipinski definition) is 4. The van der Waals surface area contributed by atoms with Crippen molar-refractivity contribution >= 4 is 23.4 Å². The number of amides is 3. The van der Waals surface area contributed by atoms with Crippen molar-refractivity contribution in [3.8, 4) is 0 Å². The fourth-order valence-electron chi connectivity index (χ4n) is 4.52. The number of aryl methyl sites for hydroxylation is 1. The van der Waals surface area contributed by atoms with Gasteiger partial charge < -0.3 is 9.64 Å². The summed E-state index contributed by atoms with van der Waals surface area (Å²) in [6.07, 6.45) is -0.177. The SMILES string of the molecule is Cc1ccccc1C1CN(C(=O)c2ccc(N3C(=O)c4ccccc4C3=O)cc2)C(C)CO1. The molecule has 1 fully saturated rings.